The molecule has 1 aromatic carbocycles. The molecule has 1 aliphatic rings. The third-order valence-electron chi connectivity index (χ3n) is 5.23. The van der Waals surface area contributed by atoms with E-state index in [1.807, 2.05) is 6.92 Å². The van der Waals surface area contributed by atoms with E-state index in [2.05, 4.69) is 10.1 Å². The third-order valence-corrected chi connectivity index (χ3v) is 5.23. The Hall–Kier alpha value is -3.56. The predicted molar refractivity (Wildman–Crippen MR) is 106 cm³/mol. The Kier molecular flexibility index (Phi) is 4.21. The summed E-state index contributed by atoms with van der Waals surface area (Å²) in [5, 5.41) is 5.87. The molecule has 29 heavy (non-hydrogen) atoms. The summed E-state index contributed by atoms with van der Waals surface area (Å²) in [6.45, 7) is 3.52. The molecule has 0 radical (unpaired) electrons. The van der Waals surface area contributed by atoms with Crippen LogP contribution in [0.1, 0.15) is 30.2 Å². The van der Waals surface area contributed by atoms with E-state index >= 15 is 0 Å². The minimum absolute atomic E-state index is 0.146. The van der Waals surface area contributed by atoms with Crippen molar-refractivity contribution in [3.05, 3.63) is 56.5 Å². The number of rotatable bonds is 3. The lowest BCUT2D eigenvalue weighted by Gasteiger charge is -2.28. The van der Waals surface area contributed by atoms with Crippen LogP contribution in [-0.2, 0) is 14.1 Å². The van der Waals surface area contributed by atoms with Gasteiger partial charge in [0, 0.05) is 19.7 Å². The molecule has 3 aromatic rings. The lowest BCUT2D eigenvalue weighted by molar-refractivity contribution is 0.0998. The fourth-order valence-electron chi connectivity index (χ4n) is 3.43. The predicted octanol–water partition coefficient (Wildman–Crippen LogP) is 1.21. The molecule has 9 nitrogen and oxygen atoms in total. The van der Waals surface area contributed by atoms with Gasteiger partial charge in [-0.2, -0.15) is 10.1 Å². The Bertz CT molecular complexity index is 1300. The number of ketones is 1. The Balaban J connectivity index is 1.87. The van der Waals surface area contributed by atoms with Gasteiger partial charge in [-0.3, -0.25) is 23.3 Å². The molecule has 2 aromatic heterocycles. The normalized spacial score (nSPS) is 16.1. The molecule has 0 amide bonds. The molecule has 150 valence electrons. The van der Waals surface area contributed by atoms with E-state index in [0.717, 1.165) is 4.57 Å². The number of carbonyl (C=O) groups is 1. The van der Waals surface area contributed by atoms with Gasteiger partial charge < -0.3 is 0 Å². The Morgan fingerprint density at radius 1 is 1.14 bits per heavy atom. The van der Waals surface area contributed by atoms with Crippen molar-refractivity contribution < 1.29 is 9.18 Å². The molecule has 0 aliphatic carbocycles. The smallest absolute Gasteiger partial charge is 0.294 e. The number of aryl methyl sites for hydroxylation is 1. The van der Waals surface area contributed by atoms with Crippen LogP contribution in [0.2, 0.25) is 0 Å². The molecule has 1 aliphatic heterocycles. The topological polar surface area (TPSA) is 94.5 Å². The zero-order valence-corrected chi connectivity index (χ0v) is 16.4. The first-order chi connectivity index (χ1) is 13.7. The number of imidazole rings is 1. The van der Waals surface area contributed by atoms with Crippen LogP contribution in [-0.4, -0.2) is 36.7 Å². The molecule has 1 atom stereocenters. The number of nitrogens with zero attached hydrogens (tertiary/aromatic N) is 6. The molecular formula is C19H19FN6O3. The number of aromatic nitrogens is 4. The summed E-state index contributed by atoms with van der Waals surface area (Å²) >= 11 is 0. The van der Waals surface area contributed by atoms with Crippen molar-refractivity contribution in [1.82, 2.24) is 18.7 Å². The fourth-order valence-corrected chi connectivity index (χ4v) is 3.43. The average molecular weight is 398 g/mol. The second kappa shape index (κ2) is 6.50. The molecule has 0 fully saturated rings. The first kappa shape index (κ1) is 18.8. The standard InChI is InChI=1S/C19H19FN6O3/c1-10-11(2)26-15-16(23(3)19(29)24(4)17(15)28)21-18(26)25(22-10)9-14(27)12-5-7-13(20)8-6-12/h5-8,11H,9H2,1-4H3/t11-/m1/s1. The van der Waals surface area contributed by atoms with Crippen LogP contribution in [0, 0.1) is 5.82 Å². The van der Waals surface area contributed by atoms with Crippen molar-refractivity contribution in [2.45, 2.75) is 19.9 Å². The van der Waals surface area contributed by atoms with Crippen LogP contribution in [0.25, 0.3) is 11.2 Å². The minimum atomic E-state index is -0.489. The first-order valence-corrected chi connectivity index (χ1v) is 9.00. The molecule has 10 heteroatoms. The zero-order valence-electron chi connectivity index (χ0n) is 16.4. The van der Waals surface area contributed by atoms with Gasteiger partial charge in [0.1, 0.15) is 12.4 Å². The van der Waals surface area contributed by atoms with Gasteiger partial charge in [0.25, 0.3) is 5.56 Å². The van der Waals surface area contributed by atoms with Crippen molar-refractivity contribution in [3.63, 3.8) is 0 Å². The number of halogens is 1. The van der Waals surface area contributed by atoms with E-state index in [-0.39, 0.29) is 29.5 Å². The van der Waals surface area contributed by atoms with Crippen LogP contribution < -0.4 is 16.3 Å². The van der Waals surface area contributed by atoms with Gasteiger partial charge in [0.15, 0.2) is 16.9 Å². The number of hydrogen-bond donors (Lipinski definition) is 0. The summed E-state index contributed by atoms with van der Waals surface area (Å²) in [6, 6.07) is 4.97. The highest BCUT2D eigenvalue weighted by atomic mass is 19.1. The van der Waals surface area contributed by atoms with Gasteiger partial charge in [-0.05, 0) is 38.1 Å². The highest BCUT2D eigenvalue weighted by Crippen LogP contribution is 2.29. The van der Waals surface area contributed by atoms with Crippen molar-refractivity contribution in [2.24, 2.45) is 19.2 Å². The zero-order chi connectivity index (χ0) is 21.0. The molecule has 0 unspecified atom stereocenters. The molecule has 0 bridgehead atoms. The largest absolute Gasteiger partial charge is 0.332 e. The van der Waals surface area contributed by atoms with Crippen LogP contribution in [0.3, 0.4) is 0 Å². The Morgan fingerprint density at radius 2 is 1.79 bits per heavy atom. The minimum Gasteiger partial charge on any atom is -0.294 e. The average Bonchev–Trinajstić information content (AvgIpc) is 3.10. The van der Waals surface area contributed by atoms with Crippen molar-refractivity contribution >= 4 is 28.6 Å². The van der Waals surface area contributed by atoms with E-state index in [1.54, 1.807) is 11.5 Å². The molecule has 0 saturated carbocycles. The van der Waals surface area contributed by atoms with Gasteiger partial charge in [-0.25, -0.2) is 14.2 Å². The van der Waals surface area contributed by atoms with Crippen LogP contribution >= 0.6 is 0 Å². The molecule has 4 rings (SSSR count). The van der Waals surface area contributed by atoms with Crippen LogP contribution in [0.15, 0.2) is 39.0 Å². The Morgan fingerprint density at radius 3 is 2.45 bits per heavy atom. The highest BCUT2D eigenvalue weighted by molar-refractivity contribution is 6.00. The molecule has 0 N–H and O–H groups in total. The fraction of sp³-hybridized carbons (Fsp3) is 0.316. The number of hydrogen-bond acceptors (Lipinski definition) is 6. The molecule has 0 spiro atoms. The lowest BCUT2D eigenvalue weighted by Crippen LogP contribution is -2.39. The van der Waals surface area contributed by atoms with Gasteiger partial charge in [-0.15, -0.1) is 0 Å². The Labute approximate surface area is 164 Å². The lowest BCUT2D eigenvalue weighted by atomic mass is 10.1. The monoisotopic (exact) mass is 398 g/mol. The van der Waals surface area contributed by atoms with E-state index in [0.29, 0.717) is 17.2 Å². The first-order valence-electron chi connectivity index (χ1n) is 9.00. The van der Waals surface area contributed by atoms with Crippen LogP contribution in [0.5, 0.6) is 0 Å². The second-order valence-electron chi connectivity index (χ2n) is 7.06. The maximum atomic E-state index is 13.1. The number of fused-ring (bicyclic) bond motifs is 3. The summed E-state index contributed by atoms with van der Waals surface area (Å²) in [5.41, 5.74) is 0.559. The van der Waals surface area contributed by atoms with E-state index in [4.69, 9.17) is 0 Å². The number of Topliss-reactive ketones (excluding diaryl/α,β-unsaturated/α-hetero) is 1. The van der Waals surface area contributed by atoms with Crippen molar-refractivity contribution in [2.75, 3.05) is 11.6 Å². The summed E-state index contributed by atoms with van der Waals surface area (Å²) in [7, 11) is 2.95. The molecule has 0 saturated heterocycles. The summed E-state index contributed by atoms with van der Waals surface area (Å²) in [6.07, 6.45) is 0. The summed E-state index contributed by atoms with van der Waals surface area (Å²) < 4.78 is 17.2. The second-order valence-corrected chi connectivity index (χ2v) is 7.06. The van der Waals surface area contributed by atoms with Gasteiger partial charge in [0.2, 0.25) is 5.95 Å². The number of carbonyl (C=O) groups excluding carboxylic acids is 1. The van der Waals surface area contributed by atoms with Gasteiger partial charge in [0.05, 0.1) is 11.8 Å². The highest BCUT2D eigenvalue weighted by Gasteiger charge is 2.31. The van der Waals surface area contributed by atoms with Crippen LogP contribution in [0.4, 0.5) is 10.3 Å². The van der Waals surface area contributed by atoms with E-state index < -0.39 is 17.1 Å². The maximum absolute atomic E-state index is 13.1. The number of hydrazone groups is 1. The number of benzene rings is 1. The quantitative estimate of drug-likeness (QED) is 0.618. The van der Waals surface area contributed by atoms with Crippen molar-refractivity contribution in [1.29, 1.82) is 0 Å². The van der Waals surface area contributed by atoms with Gasteiger partial charge >= 0.3 is 5.69 Å². The molecular weight excluding hydrogens is 379 g/mol. The molecule has 3 heterocycles. The van der Waals surface area contributed by atoms with E-state index in [9.17, 15) is 18.8 Å². The van der Waals surface area contributed by atoms with Crippen molar-refractivity contribution in [3.8, 4) is 0 Å². The van der Waals surface area contributed by atoms with E-state index in [1.165, 1.54) is 47.9 Å². The summed E-state index contributed by atoms with van der Waals surface area (Å²) in [5.74, 6) is -0.413. The summed E-state index contributed by atoms with van der Waals surface area (Å²) in [4.78, 5) is 42.2. The SMILES string of the molecule is CC1=NN(CC(=O)c2ccc(F)cc2)c2nc3c(c(=O)n(C)c(=O)n3C)n2[C@@H]1C. The van der Waals surface area contributed by atoms with Gasteiger partial charge in [-0.1, -0.05) is 0 Å². The maximum Gasteiger partial charge on any atom is 0.332 e. The number of anilines is 1. The third kappa shape index (κ3) is 2.79.